The minimum absolute atomic E-state index is 0. The van der Waals surface area contributed by atoms with E-state index < -0.39 is 0 Å². The van der Waals surface area contributed by atoms with Crippen LogP contribution < -0.4 is 15.8 Å². The normalized spacial score (nSPS) is 9.90. The second kappa shape index (κ2) is 10.5. The number of aryl methyl sites for hydroxylation is 1. The number of anilines is 1. The van der Waals surface area contributed by atoms with Gasteiger partial charge in [-0.25, -0.2) is 0 Å². The summed E-state index contributed by atoms with van der Waals surface area (Å²) in [5.74, 6) is 0.900. The Balaban J connectivity index is 0.00000400. The summed E-state index contributed by atoms with van der Waals surface area (Å²) in [6.45, 7) is 4.69. The van der Waals surface area contributed by atoms with Gasteiger partial charge in [0.05, 0.1) is 7.11 Å². The lowest BCUT2D eigenvalue weighted by Gasteiger charge is -2.14. The molecule has 0 spiro atoms. The molecule has 0 heterocycles. The van der Waals surface area contributed by atoms with Gasteiger partial charge in [0, 0.05) is 17.7 Å². The van der Waals surface area contributed by atoms with Gasteiger partial charge in [0.25, 0.3) is 0 Å². The number of ether oxygens (including phenoxy) is 1. The lowest BCUT2D eigenvalue weighted by molar-refractivity contribution is -0.116. The fraction of sp³-hybridized carbons (Fsp3) is 0.562. The molecule has 4 nitrogen and oxygen atoms in total. The van der Waals surface area contributed by atoms with Gasteiger partial charge in [0.1, 0.15) is 5.75 Å². The van der Waals surface area contributed by atoms with Crippen molar-refractivity contribution in [3.63, 3.8) is 0 Å². The van der Waals surface area contributed by atoms with E-state index in [0.29, 0.717) is 6.42 Å². The highest BCUT2D eigenvalue weighted by molar-refractivity contribution is 5.92. The first-order valence-corrected chi connectivity index (χ1v) is 7.24. The zero-order valence-electron chi connectivity index (χ0n) is 13.2. The molecule has 0 saturated carbocycles. The highest BCUT2D eigenvalue weighted by atomic mass is 35.5. The SMILES string of the molecule is COc1c(C)ccc(NC(=O)CCCCCCN)c1C.Cl. The maximum Gasteiger partial charge on any atom is 0.224 e. The fourth-order valence-corrected chi connectivity index (χ4v) is 2.27. The lowest BCUT2D eigenvalue weighted by Crippen LogP contribution is -2.12. The fourth-order valence-electron chi connectivity index (χ4n) is 2.27. The number of carbonyl (C=O) groups is 1. The molecule has 0 bridgehead atoms. The number of rotatable bonds is 8. The van der Waals surface area contributed by atoms with Crippen molar-refractivity contribution in [1.82, 2.24) is 0 Å². The molecule has 0 aliphatic rings. The zero-order valence-corrected chi connectivity index (χ0v) is 14.0. The van der Waals surface area contributed by atoms with Crippen LogP contribution in [0.3, 0.4) is 0 Å². The molecule has 0 aliphatic carbocycles. The Bertz CT molecular complexity index is 450. The molecule has 1 aromatic carbocycles. The number of benzene rings is 1. The van der Waals surface area contributed by atoms with Crippen molar-refractivity contribution in [1.29, 1.82) is 0 Å². The number of hydrogen-bond acceptors (Lipinski definition) is 3. The van der Waals surface area contributed by atoms with E-state index in [1.54, 1.807) is 7.11 Å². The minimum atomic E-state index is 0. The van der Waals surface area contributed by atoms with Crippen LogP contribution in [0, 0.1) is 13.8 Å². The van der Waals surface area contributed by atoms with Gasteiger partial charge in [-0.15, -0.1) is 12.4 Å². The quantitative estimate of drug-likeness (QED) is 0.721. The Hall–Kier alpha value is -1.26. The van der Waals surface area contributed by atoms with Gasteiger partial charge in [-0.2, -0.15) is 0 Å². The minimum Gasteiger partial charge on any atom is -0.496 e. The number of carbonyl (C=O) groups excluding carboxylic acids is 1. The average molecular weight is 315 g/mol. The first-order valence-electron chi connectivity index (χ1n) is 7.24. The third-order valence-electron chi connectivity index (χ3n) is 3.44. The predicted octanol–water partition coefficient (Wildman–Crippen LogP) is 3.58. The van der Waals surface area contributed by atoms with Crippen molar-refractivity contribution in [2.24, 2.45) is 5.73 Å². The summed E-state index contributed by atoms with van der Waals surface area (Å²) < 4.78 is 5.36. The average Bonchev–Trinajstić information content (AvgIpc) is 2.42. The molecule has 0 aromatic heterocycles. The molecular weight excluding hydrogens is 288 g/mol. The van der Waals surface area contributed by atoms with Crippen molar-refractivity contribution in [2.75, 3.05) is 19.0 Å². The van der Waals surface area contributed by atoms with Crippen LogP contribution in [0.15, 0.2) is 12.1 Å². The van der Waals surface area contributed by atoms with Gasteiger partial charge >= 0.3 is 0 Å². The number of nitrogens with two attached hydrogens (primary N) is 1. The van der Waals surface area contributed by atoms with Crippen LogP contribution in [0.2, 0.25) is 0 Å². The van der Waals surface area contributed by atoms with E-state index in [0.717, 1.165) is 54.8 Å². The Morgan fingerprint density at radius 2 is 1.86 bits per heavy atom. The van der Waals surface area contributed by atoms with Crippen molar-refractivity contribution in [3.05, 3.63) is 23.3 Å². The third kappa shape index (κ3) is 6.36. The summed E-state index contributed by atoms with van der Waals surface area (Å²) in [5.41, 5.74) is 8.32. The molecule has 21 heavy (non-hydrogen) atoms. The van der Waals surface area contributed by atoms with Crippen LogP contribution in [-0.4, -0.2) is 19.6 Å². The van der Waals surface area contributed by atoms with E-state index >= 15 is 0 Å². The third-order valence-corrected chi connectivity index (χ3v) is 3.44. The van der Waals surface area contributed by atoms with Gasteiger partial charge < -0.3 is 15.8 Å². The molecule has 0 fully saturated rings. The van der Waals surface area contributed by atoms with Crippen LogP contribution in [0.25, 0.3) is 0 Å². The smallest absolute Gasteiger partial charge is 0.224 e. The standard InChI is InChI=1S/C16H26N2O2.ClH/c1-12-9-10-14(13(2)16(12)20-3)18-15(19)8-6-4-5-7-11-17;/h9-10H,4-8,11,17H2,1-3H3,(H,18,19);1H. The van der Waals surface area contributed by atoms with E-state index in [2.05, 4.69) is 5.32 Å². The van der Waals surface area contributed by atoms with E-state index in [-0.39, 0.29) is 18.3 Å². The summed E-state index contributed by atoms with van der Waals surface area (Å²) in [6, 6.07) is 3.89. The molecule has 1 aromatic rings. The van der Waals surface area contributed by atoms with Gasteiger partial charge in [0.15, 0.2) is 0 Å². The van der Waals surface area contributed by atoms with E-state index in [1.165, 1.54) is 0 Å². The summed E-state index contributed by atoms with van der Waals surface area (Å²) in [5, 5.41) is 2.96. The number of methoxy groups -OCH3 is 1. The highest BCUT2D eigenvalue weighted by Gasteiger charge is 2.10. The van der Waals surface area contributed by atoms with E-state index in [1.807, 2.05) is 26.0 Å². The van der Waals surface area contributed by atoms with Crippen molar-refractivity contribution < 1.29 is 9.53 Å². The Morgan fingerprint density at radius 3 is 2.48 bits per heavy atom. The Labute approximate surface area is 133 Å². The second-order valence-corrected chi connectivity index (χ2v) is 5.09. The number of halogens is 1. The largest absolute Gasteiger partial charge is 0.496 e. The maximum absolute atomic E-state index is 11.9. The number of amides is 1. The van der Waals surface area contributed by atoms with Gasteiger partial charge in [-0.3, -0.25) is 4.79 Å². The Kier molecular flexibility index (Phi) is 9.84. The maximum atomic E-state index is 11.9. The molecule has 3 N–H and O–H groups in total. The van der Waals surface area contributed by atoms with E-state index in [4.69, 9.17) is 10.5 Å². The van der Waals surface area contributed by atoms with Crippen molar-refractivity contribution in [2.45, 2.75) is 46.0 Å². The molecule has 0 unspecified atom stereocenters. The number of unbranched alkanes of at least 4 members (excludes halogenated alkanes) is 3. The van der Waals surface area contributed by atoms with E-state index in [9.17, 15) is 4.79 Å². The zero-order chi connectivity index (χ0) is 15.0. The van der Waals surface area contributed by atoms with Crippen LogP contribution in [0.5, 0.6) is 5.75 Å². The predicted molar refractivity (Wildman–Crippen MR) is 90.5 cm³/mol. The number of nitrogens with one attached hydrogen (secondary N) is 1. The molecular formula is C16H27ClN2O2. The first-order chi connectivity index (χ1) is 9.60. The highest BCUT2D eigenvalue weighted by Crippen LogP contribution is 2.29. The van der Waals surface area contributed by atoms with Gasteiger partial charge in [0.2, 0.25) is 5.91 Å². The lowest BCUT2D eigenvalue weighted by atomic mass is 10.1. The topological polar surface area (TPSA) is 64.3 Å². The summed E-state index contributed by atoms with van der Waals surface area (Å²) in [7, 11) is 1.65. The molecule has 0 saturated heterocycles. The van der Waals surface area contributed by atoms with Crippen LogP contribution >= 0.6 is 12.4 Å². The van der Waals surface area contributed by atoms with Crippen LogP contribution in [0.1, 0.15) is 43.2 Å². The molecule has 5 heteroatoms. The summed E-state index contributed by atoms with van der Waals surface area (Å²) in [6.07, 6.45) is 4.66. The Morgan fingerprint density at radius 1 is 1.19 bits per heavy atom. The van der Waals surface area contributed by atoms with Crippen LogP contribution in [-0.2, 0) is 4.79 Å². The molecule has 1 rings (SSSR count). The molecule has 120 valence electrons. The van der Waals surface area contributed by atoms with Gasteiger partial charge in [-0.1, -0.05) is 18.9 Å². The second-order valence-electron chi connectivity index (χ2n) is 5.09. The number of hydrogen-bond donors (Lipinski definition) is 2. The van der Waals surface area contributed by atoms with Crippen molar-refractivity contribution >= 4 is 24.0 Å². The molecule has 0 aliphatic heterocycles. The molecule has 0 radical (unpaired) electrons. The van der Waals surface area contributed by atoms with Crippen LogP contribution in [0.4, 0.5) is 5.69 Å². The van der Waals surface area contributed by atoms with Crippen molar-refractivity contribution in [3.8, 4) is 5.75 Å². The monoisotopic (exact) mass is 314 g/mol. The molecule has 1 amide bonds. The first kappa shape index (κ1) is 19.7. The summed E-state index contributed by atoms with van der Waals surface area (Å²) in [4.78, 5) is 11.9. The van der Waals surface area contributed by atoms with Gasteiger partial charge in [-0.05, 0) is 44.9 Å². The molecule has 0 atom stereocenters. The summed E-state index contributed by atoms with van der Waals surface area (Å²) >= 11 is 0.